The Morgan fingerprint density at radius 1 is 1.00 bits per heavy atom. The molecule has 0 aliphatic rings. The Morgan fingerprint density at radius 3 is 1.69 bits per heavy atom. The summed E-state index contributed by atoms with van der Waals surface area (Å²) in [7, 11) is 11.0. The number of aliphatic imine (C=N–C) groups is 1. The molecule has 5 heteroatoms. The second kappa shape index (κ2) is 4.69. The van der Waals surface area contributed by atoms with Crippen LogP contribution < -0.4 is 0 Å². The maximum absolute atomic E-state index is 7.72. The Kier molecular flexibility index (Phi) is 4.23. The highest BCUT2D eigenvalue weighted by Gasteiger charge is 2.13. The topological polar surface area (TPSA) is 45.9 Å². The minimum Gasteiger partial charge on any atom is -0.349 e. The Hall–Kier alpha value is -1.26. The lowest BCUT2D eigenvalue weighted by Gasteiger charge is -2.29. The van der Waals surface area contributed by atoms with Gasteiger partial charge in [-0.1, -0.05) is 0 Å². The first-order valence-corrected chi connectivity index (χ1v) is 4.05. The summed E-state index contributed by atoms with van der Waals surface area (Å²) >= 11 is 0. The molecule has 0 spiro atoms. The van der Waals surface area contributed by atoms with Crippen LogP contribution >= 0.6 is 0 Å². The highest BCUT2D eigenvalue weighted by molar-refractivity contribution is 5.96. The molecule has 0 saturated carbocycles. The molecule has 13 heavy (non-hydrogen) atoms. The molecule has 0 aliphatic carbocycles. The van der Waals surface area contributed by atoms with Gasteiger partial charge in [-0.15, -0.1) is 0 Å². The van der Waals surface area contributed by atoms with E-state index in [4.69, 9.17) is 5.41 Å². The van der Waals surface area contributed by atoms with Gasteiger partial charge in [0.05, 0.1) is 0 Å². The van der Waals surface area contributed by atoms with E-state index in [9.17, 15) is 0 Å². The molecule has 1 N–H and O–H groups in total. The van der Waals surface area contributed by atoms with Gasteiger partial charge in [0.2, 0.25) is 5.96 Å². The summed E-state index contributed by atoms with van der Waals surface area (Å²) in [6.07, 6.45) is 0. The largest absolute Gasteiger partial charge is 0.349 e. The van der Waals surface area contributed by atoms with Crippen LogP contribution in [-0.2, 0) is 0 Å². The molecule has 76 valence electrons. The molecule has 0 heterocycles. The fourth-order valence-corrected chi connectivity index (χ4v) is 1.04. The molecule has 0 aromatic rings. The predicted molar refractivity (Wildman–Crippen MR) is 56.2 cm³/mol. The van der Waals surface area contributed by atoms with E-state index in [1.807, 2.05) is 40.1 Å². The van der Waals surface area contributed by atoms with E-state index < -0.39 is 0 Å². The summed E-state index contributed by atoms with van der Waals surface area (Å²) in [5, 5.41) is 7.72. The van der Waals surface area contributed by atoms with E-state index in [-0.39, 0.29) is 0 Å². The third-order valence-electron chi connectivity index (χ3n) is 1.64. The summed E-state index contributed by atoms with van der Waals surface area (Å²) in [5.41, 5.74) is 0. The van der Waals surface area contributed by atoms with Crippen molar-refractivity contribution in [3.8, 4) is 0 Å². The van der Waals surface area contributed by atoms with Gasteiger partial charge in [0.15, 0.2) is 5.96 Å². The smallest absolute Gasteiger partial charge is 0.202 e. The van der Waals surface area contributed by atoms with E-state index in [0.717, 1.165) is 5.96 Å². The van der Waals surface area contributed by atoms with E-state index in [2.05, 4.69) is 4.99 Å². The van der Waals surface area contributed by atoms with Crippen LogP contribution in [0.4, 0.5) is 0 Å². The molecule has 5 nitrogen and oxygen atoms in total. The Bertz CT molecular complexity index is 207. The molecule has 0 atom stereocenters. The van der Waals surface area contributed by atoms with Gasteiger partial charge in [-0.2, -0.15) is 0 Å². The molecule has 0 rings (SSSR count). The van der Waals surface area contributed by atoms with Gasteiger partial charge >= 0.3 is 0 Å². The third-order valence-corrected chi connectivity index (χ3v) is 1.64. The fourth-order valence-electron chi connectivity index (χ4n) is 1.04. The molecule has 0 fully saturated rings. The van der Waals surface area contributed by atoms with Crippen molar-refractivity contribution in [2.24, 2.45) is 4.99 Å². The summed E-state index contributed by atoms with van der Waals surface area (Å²) < 4.78 is 0. The number of nitrogens with one attached hydrogen (secondary N) is 1. The average molecular weight is 185 g/mol. The first-order valence-electron chi connectivity index (χ1n) is 4.05. The zero-order chi connectivity index (χ0) is 10.6. The van der Waals surface area contributed by atoms with Gasteiger partial charge in [-0.05, 0) is 0 Å². The number of nitrogens with zero attached hydrogens (tertiary/aromatic N) is 4. The van der Waals surface area contributed by atoms with Crippen LogP contribution in [-0.4, -0.2) is 68.9 Å². The number of hydrogen-bond donors (Lipinski definition) is 1. The zero-order valence-electron chi connectivity index (χ0n) is 9.29. The minimum atomic E-state index is 0.411. The van der Waals surface area contributed by atoms with Crippen LogP contribution in [0.2, 0.25) is 0 Å². The molecule has 0 aliphatic heterocycles. The van der Waals surface area contributed by atoms with Crippen molar-refractivity contribution < 1.29 is 0 Å². The summed E-state index contributed by atoms with van der Waals surface area (Å²) in [4.78, 5) is 9.42. The van der Waals surface area contributed by atoms with E-state index in [1.54, 1.807) is 16.8 Å². The van der Waals surface area contributed by atoms with Gasteiger partial charge in [0, 0.05) is 42.3 Å². The first kappa shape index (κ1) is 11.7. The lowest BCUT2D eigenvalue weighted by atomic mass is 10.6. The maximum atomic E-state index is 7.72. The van der Waals surface area contributed by atoms with Gasteiger partial charge < -0.3 is 9.80 Å². The second-order valence-electron chi connectivity index (χ2n) is 3.20. The molecule has 0 bridgehead atoms. The SMILES string of the molecule is C/N=C(\N(C)C)N(C)C(=N)N(C)C. The van der Waals surface area contributed by atoms with Crippen LogP contribution in [0, 0.1) is 5.41 Å². The molecule has 0 radical (unpaired) electrons. The summed E-state index contributed by atoms with van der Waals surface area (Å²) in [6, 6.07) is 0. The van der Waals surface area contributed by atoms with Crippen molar-refractivity contribution in [1.82, 2.24) is 14.7 Å². The summed E-state index contributed by atoms with van der Waals surface area (Å²) in [5.74, 6) is 1.17. The highest BCUT2D eigenvalue weighted by Crippen LogP contribution is 1.94. The first-order chi connectivity index (χ1) is 5.91. The van der Waals surface area contributed by atoms with Crippen molar-refractivity contribution in [1.29, 1.82) is 5.41 Å². The monoisotopic (exact) mass is 185 g/mol. The lowest BCUT2D eigenvalue weighted by Crippen LogP contribution is -2.46. The predicted octanol–water partition coefficient (Wildman–Crippen LogP) is -0.0380. The fraction of sp³-hybridized carbons (Fsp3) is 0.750. The third kappa shape index (κ3) is 2.93. The van der Waals surface area contributed by atoms with Crippen molar-refractivity contribution >= 4 is 11.9 Å². The maximum Gasteiger partial charge on any atom is 0.202 e. The second-order valence-corrected chi connectivity index (χ2v) is 3.20. The molecular formula is C8H19N5. The average Bonchev–Trinajstić information content (AvgIpc) is 2.03. The van der Waals surface area contributed by atoms with E-state index in [1.165, 1.54) is 0 Å². The van der Waals surface area contributed by atoms with Gasteiger partial charge in [-0.3, -0.25) is 15.3 Å². The van der Waals surface area contributed by atoms with Crippen molar-refractivity contribution in [2.45, 2.75) is 0 Å². The van der Waals surface area contributed by atoms with Crippen LogP contribution in [0.3, 0.4) is 0 Å². The molecule has 0 saturated heterocycles. The minimum absolute atomic E-state index is 0.411. The highest BCUT2D eigenvalue weighted by atomic mass is 15.4. The van der Waals surface area contributed by atoms with E-state index >= 15 is 0 Å². The Morgan fingerprint density at radius 2 is 1.46 bits per heavy atom. The van der Waals surface area contributed by atoms with Crippen molar-refractivity contribution in [3.63, 3.8) is 0 Å². The van der Waals surface area contributed by atoms with E-state index in [0.29, 0.717) is 5.96 Å². The van der Waals surface area contributed by atoms with Gasteiger partial charge in [0.25, 0.3) is 0 Å². The quantitative estimate of drug-likeness (QED) is 0.425. The normalized spacial score (nSPS) is 11.1. The Balaban J connectivity index is 4.57. The number of guanidine groups is 2. The lowest BCUT2D eigenvalue weighted by molar-refractivity contribution is 0.471. The van der Waals surface area contributed by atoms with Crippen LogP contribution in [0.5, 0.6) is 0 Å². The summed E-state index contributed by atoms with van der Waals surface area (Å²) in [6.45, 7) is 0. The van der Waals surface area contributed by atoms with Crippen LogP contribution in [0.15, 0.2) is 4.99 Å². The number of hydrogen-bond acceptors (Lipinski definition) is 2. The van der Waals surface area contributed by atoms with Crippen LogP contribution in [0.25, 0.3) is 0 Å². The van der Waals surface area contributed by atoms with Gasteiger partial charge in [-0.25, -0.2) is 0 Å². The molecule has 0 unspecified atom stereocenters. The Labute approximate surface area is 80.2 Å². The molecule has 0 aromatic carbocycles. The van der Waals surface area contributed by atoms with Gasteiger partial charge in [0.1, 0.15) is 0 Å². The van der Waals surface area contributed by atoms with Crippen molar-refractivity contribution in [3.05, 3.63) is 0 Å². The zero-order valence-corrected chi connectivity index (χ0v) is 9.29. The standard InChI is InChI=1S/C8H19N5/c1-10-8(12(4)5)13(6)7(9)11(2)3/h9H,1-6H3/b9-7?,10-8+. The van der Waals surface area contributed by atoms with Crippen LogP contribution in [0.1, 0.15) is 0 Å². The molecule has 0 amide bonds. The molecule has 0 aromatic heterocycles. The number of rotatable bonds is 0. The van der Waals surface area contributed by atoms with Crippen molar-refractivity contribution in [2.75, 3.05) is 42.3 Å². The molecular weight excluding hydrogens is 166 g/mol.